The first-order valence-electron chi connectivity index (χ1n) is 6.88. The summed E-state index contributed by atoms with van der Waals surface area (Å²) >= 11 is 1.53. The number of carboxylic acid groups (broad SMARTS) is 1. The van der Waals surface area contributed by atoms with E-state index in [2.05, 4.69) is 5.32 Å². The molecule has 2 rings (SSSR count). The van der Waals surface area contributed by atoms with Gasteiger partial charge in [0.2, 0.25) is 5.91 Å². The Labute approximate surface area is 136 Å². The number of rotatable bonds is 7. The molecule has 2 N–H and O–H groups in total. The fraction of sp³-hybridized carbons (Fsp3) is 0.250. The van der Waals surface area contributed by atoms with Crippen molar-refractivity contribution in [3.63, 3.8) is 0 Å². The van der Waals surface area contributed by atoms with E-state index in [4.69, 9.17) is 4.74 Å². The Morgan fingerprint density at radius 1 is 1.39 bits per heavy atom. The van der Waals surface area contributed by atoms with Crippen LogP contribution in [0.25, 0.3) is 0 Å². The molecular weight excluding hydrogens is 321 g/mol. The number of aliphatic carboxylic acids is 1. The molecule has 0 aliphatic rings. The van der Waals surface area contributed by atoms with Crippen molar-refractivity contribution < 1.29 is 23.8 Å². The van der Waals surface area contributed by atoms with E-state index in [0.717, 1.165) is 11.6 Å². The maximum Gasteiger partial charge on any atom is 0.330 e. The summed E-state index contributed by atoms with van der Waals surface area (Å²) in [5, 5.41) is 15.5. The van der Waals surface area contributed by atoms with Crippen molar-refractivity contribution in [3.8, 4) is 5.75 Å². The third-order valence-corrected chi connectivity index (χ3v) is 4.01. The van der Waals surface area contributed by atoms with E-state index in [1.54, 1.807) is 0 Å². The summed E-state index contributed by atoms with van der Waals surface area (Å²) in [6.07, 6.45) is 0.692. The van der Waals surface area contributed by atoms with Crippen LogP contribution in [-0.4, -0.2) is 24.1 Å². The fourth-order valence-electron chi connectivity index (χ4n) is 2.08. The molecule has 1 aromatic heterocycles. The molecule has 0 radical (unpaired) electrons. The molecule has 0 fully saturated rings. The monoisotopic (exact) mass is 337 g/mol. The van der Waals surface area contributed by atoms with E-state index in [-0.39, 0.29) is 17.7 Å². The van der Waals surface area contributed by atoms with Gasteiger partial charge in [0.1, 0.15) is 0 Å². The van der Waals surface area contributed by atoms with Gasteiger partial charge in [-0.2, -0.15) is 11.3 Å². The van der Waals surface area contributed by atoms with Gasteiger partial charge < -0.3 is 15.2 Å². The number of carbonyl (C=O) groups excluding carboxylic acids is 1. The van der Waals surface area contributed by atoms with Gasteiger partial charge in [0.25, 0.3) is 0 Å². The van der Waals surface area contributed by atoms with Crippen LogP contribution in [0.5, 0.6) is 5.75 Å². The lowest BCUT2D eigenvalue weighted by Crippen LogP contribution is -2.33. The summed E-state index contributed by atoms with van der Waals surface area (Å²) in [5.41, 5.74) is 1.17. The van der Waals surface area contributed by atoms with Crippen LogP contribution >= 0.6 is 11.3 Å². The molecule has 122 valence electrons. The Bertz CT molecular complexity index is 687. The summed E-state index contributed by atoms with van der Waals surface area (Å²) in [4.78, 5) is 23.3. The minimum atomic E-state index is -1.30. The summed E-state index contributed by atoms with van der Waals surface area (Å²) in [7, 11) is 1.32. The van der Waals surface area contributed by atoms with Crippen LogP contribution in [0.15, 0.2) is 35.0 Å². The molecule has 1 aromatic carbocycles. The molecule has 1 atom stereocenters. The van der Waals surface area contributed by atoms with Crippen molar-refractivity contribution in [1.82, 2.24) is 5.32 Å². The maximum absolute atomic E-state index is 13.7. The van der Waals surface area contributed by atoms with Crippen LogP contribution < -0.4 is 10.1 Å². The van der Waals surface area contributed by atoms with Gasteiger partial charge in [-0.3, -0.25) is 4.79 Å². The Hall–Kier alpha value is -2.41. The van der Waals surface area contributed by atoms with Crippen LogP contribution in [-0.2, 0) is 16.0 Å². The van der Waals surface area contributed by atoms with E-state index in [0.29, 0.717) is 6.42 Å². The molecule has 0 aliphatic carbocycles. The molecule has 23 heavy (non-hydrogen) atoms. The van der Waals surface area contributed by atoms with E-state index < -0.39 is 23.7 Å². The molecule has 1 amide bonds. The number of ether oxygens (including phenoxy) is 1. The molecule has 0 saturated carbocycles. The number of methoxy groups -OCH3 is 1. The number of carboxylic acids is 1. The molecule has 1 heterocycles. The van der Waals surface area contributed by atoms with Gasteiger partial charge in [-0.05, 0) is 46.5 Å². The van der Waals surface area contributed by atoms with Gasteiger partial charge in [-0.15, -0.1) is 0 Å². The second kappa shape index (κ2) is 7.73. The Morgan fingerprint density at radius 3 is 2.74 bits per heavy atom. The highest BCUT2D eigenvalue weighted by Crippen LogP contribution is 2.22. The van der Waals surface area contributed by atoms with Gasteiger partial charge in [-0.1, -0.05) is 6.07 Å². The standard InChI is InChI=1S/C16H16FNO4S/c1-22-13-4-3-11(8-12(13)17)15(16(20)21)18-14(19)5-2-10-6-7-23-9-10/h3-4,6-9,15H,2,5H2,1H3,(H,18,19)(H,20,21). The van der Waals surface area contributed by atoms with Crippen molar-refractivity contribution in [1.29, 1.82) is 0 Å². The maximum atomic E-state index is 13.7. The smallest absolute Gasteiger partial charge is 0.330 e. The number of aryl methyl sites for hydroxylation is 1. The Balaban J connectivity index is 2.04. The lowest BCUT2D eigenvalue weighted by molar-refractivity contribution is -0.142. The fourth-order valence-corrected chi connectivity index (χ4v) is 2.78. The van der Waals surface area contributed by atoms with E-state index in [1.807, 2.05) is 16.8 Å². The predicted octanol–water partition coefficient (Wildman–Crippen LogP) is 2.77. The van der Waals surface area contributed by atoms with Crippen molar-refractivity contribution >= 4 is 23.2 Å². The summed E-state index contributed by atoms with van der Waals surface area (Å²) in [6.45, 7) is 0. The van der Waals surface area contributed by atoms with Crippen molar-refractivity contribution in [2.75, 3.05) is 7.11 Å². The number of hydrogen-bond acceptors (Lipinski definition) is 4. The second-order valence-electron chi connectivity index (χ2n) is 4.86. The third kappa shape index (κ3) is 4.53. The van der Waals surface area contributed by atoms with E-state index in [1.165, 1.54) is 30.6 Å². The first-order chi connectivity index (χ1) is 11.0. The molecule has 0 saturated heterocycles. The Morgan fingerprint density at radius 2 is 2.17 bits per heavy atom. The number of hydrogen-bond donors (Lipinski definition) is 2. The quantitative estimate of drug-likeness (QED) is 0.815. The van der Waals surface area contributed by atoms with E-state index in [9.17, 15) is 19.1 Å². The van der Waals surface area contributed by atoms with Gasteiger partial charge >= 0.3 is 5.97 Å². The highest BCUT2D eigenvalue weighted by Gasteiger charge is 2.23. The highest BCUT2D eigenvalue weighted by molar-refractivity contribution is 7.07. The number of amides is 1. The molecule has 0 bridgehead atoms. The number of thiophene rings is 1. The number of benzene rings is 1. The first kappa shape index (κ1) is 17.0. The zero-order valence-electron chi connectivity index (χ0n) is 12.4. The lowest BCUT2D eigenvalue weighted by Gasteiger charge is -2.15. The molecular formula is C16H16FNO4S. The van der Waals surface area contributed by atoms with Crippen LogP contribution in [0.3, 0.4) is 0 Å². The van der Waals surface area contributed by atoms with Crippen molar-refractivity contribution in [2.24, 2.45) is 0 Å². The molecule has 7 heteroatoms. The zero-order valence-corrected chi connectivity index (χ0v) is 13.2. The molecule has 0 aliphatic heterocycles. The first-order valence-corrected chi connectivity index (χ1v) is 7.82. The summed E-state index contributed by atoms with van der Waals surface area (Å²) in [6, 6.07) is 4.41. The number of nitrogens with one attached hydrogen (secondary N) is 1. The summed E-state index contributed by atoms with van der Waals surface area (Å²) < 4.78 is 18.5. The average Bonchev–Trinajstić information content (AvgIpc) is 3.03. The van der Waals surface area contributed by atoms with Crippen LogP contribution in [0, 0.1) is 5.82 Å². The minimum Gasteiger partial charge on any atom is -0.494 e. The third-order valence-electron chi connectivity index (χ3n) is 3.28. The van der Waals surface area contributed by atoms with E-state index >= 15 is 0 Å². The Kier molecular flexibility index (Phi) is 5.70. The number of halogens is 1. The molecule has 5 nitrogen and oxygen atoms in total. The van der Waals surface area contributed by atoms with Crippen LogP contribution in [0.1, 0.15) is 23.6 Å². The van der Waals surface area contributed by atoms with Gasteiger partial charge in [-0.25, -0.2) is 9.18 Å². The van der Waals surface area contributed by atoms with Gasteiger partial charge in [0.15, 0.2) is 17.6 Å². The number of carbonyl (C=O) groups is 2. The largest absolute Gasteiger partial charge is 0.494 e. The SMILES string of the molecule is COc1ccc(C(NC(=O)CCc2ccsc2)C(=O)O)cc1F. The normalized spacial score (nSPS) is 11.7. The lowest BCUT2D eigenvalue weighted by atomic mass is 10.1. The summed E-state index contributed by atoms with van der Waals surface area (Å²) in [5.74, 6) is -2.32. The van der Waals surface area contributed by atoms with Crippen molar-refractivity contribution in [3.05, 3.63) is 52.0 Å². The van der Waals surface area contributed by atoms with Crippen LogP contribution in [0.4, 0.5) is 4.39 Å². The van der Waals surface area contributed by atoms with Crippen LogP contribution in [0.2, 0.25) is 0 Å². The predicted molar refractivity (Wildman–Crippen MR) is 84.1 cm³/mol. The van der Waals surface area contributed by atoms with Gasteiger partial charge in [0, 0.05) is 6.42 Å². The molecule has 2 aromatic rings. The topological polar surface area (TPSA) is 75.6 Å². The minimum absolute atomic E-state index is 0.0154. The second-order valence-corrected chi connectivity index (χ2v) is 5.64. The van der Waals surface area contributed by atoms with Gasteiger partial charge in [0.05, 0.1) is 7.11 Å². The zero-order chi connectivity index (χ0) is 16.8. The molecule has 1 unspecified atom stereocenters. The average molecular weight is 337 g/mol. The van der Waals surface area contributed by atoms with Crippen molar-refractivity contribution in [2.45, 2.75) is 18.9 Å². The highest BCUT2D eigenvalue weighted by atomic mass is 32.1. The molecule has 0 spiro atoms.